The van der Waals surface area contributed by atoms with Crippen LogP contribution in [0.15, 0.2) is 24.3 Å². The molecule has 0 unspecified atom stereocenters. The van der Waals surface area contributed by atoms with Crippen molar-refractivity contribution in [3.05, 3.63) is 35.4 Å². The first-order chi connectivity index (χ1) is 12.7. The molecule has 1 aromatic rings. The molecule has 3 heteroatoms. The van der Waals surface area contributed by atoms with E-state index in [1.54, 1.807) is 5.57 Å². The van der Waals surface area contributed by atoms with Gasteiger partial charge in [0.05, 0.1) is 0 Å². The first-order valence-electron chi connectivity index (χ1n) is 11.0. The van der Waals surface area contributed by atoms with Crippen molar-refractivity contribution in [1.29, 1.82) is 0 Å². The van der Waals surface area contributed by atoms with Gasteiger partial charge < -0.3 is 4.90 Å². The number of anilines is 1. The molecule has 28 heavy (non-hydrogen) atoms. The van der Waals surface area contributed by atoms with Gasteiger partial charge in [-0.3, -0.25) is 4.90 Å². The molecule has 0 spiro atoms. The van der Waals surface area contributed by atoms with Gasteiger partial charge in [-0.1, -0.05) is 45.9 Å². The normalized spacial score (nSPS) is 24.5. The largest absolute Gasteiger partial charge is 0.368 e. The molecule has 1 aromatic carbocycles. The Hall–Kier alpha value is -0.990. The Bertz CT molecular complexity index is 722. The Morgan fingerprint density at radius 1 is 1.00 bits per heavy atom. The summed E-state index contributed by atoms with van der Waals surface area (Å²) in [6, 6.07) is 7.13. The van der Waals surface area contributed by atoms with Gasteiger partial charge in [-0.2, -0.15) is 0 Å². The summed E-state index contributed by atoms with van der Waals surface area (Å²) in [6.07, 6.45) is 7.94. The smallest absolute Gasteiger partial charge is 0.0446 e. The van der Waals surface area contributed by atoms with E-state index in [-0.39, 0.29) is 17.8 Å². The zero-order valence-electron chi connectivity index (χ0n) is 18.6. The maximum absolute atomic E-state index is 2.69. The molecule has 0 atom stereocenters. The lowest BCUT2D eigenvalue weighted by molar-refractivity contribution is 0.228. The molecule has 1 saturated heterocycles. The Balaban J connectivity index is 0.00000225. The zero-order chi connectivity index (χ0) is 19.2. The molecule has 0 radical (unpaired) electrons. The van der Waals surface area contributed by atoms with Gasteiger partial charge in [-0.25, -0.2) is 0 Å². The Morgan fingerprint density at radius 3 is 2.29 bits per heavy atom. The molecule has 0 bridgehead atoms. The van der Waals surface area contributed by atoms with Crippen LogP contribution in [-0.4, -0.2) is 37.6 Å². The van der Waals surface area contributed by atoms with Gasteiger partial charge in [0.15, 0.2) is 0 Å². The fourth-order valence-corrected chi connectivity index (χ4v) is 5.57. The van der Waals surface area contributed by atoms with Gasteiger partial charge in [-0.05, 0) is 66.6 Å². The summed E-state index contributed by atoms with van der Waals surface area (Å²) in [5, 5.41) is 0. The molecule has 156 valence electrons. The van der Waals surface area contributed by atoms with Crippen molar-refractivity contribution in [3.63, 3.8) is 0 Å². The molecule has 0 aromatic heterocycles. The molecule has 2 fully saturated rings. The predicted octanol–water partition coefficient (Wildman–Crippen LogP) is 6.18. The topological polar surface area (TPSA) is 6.48 Å². The number of piperazine rings is 1. The fourth-order valence-electron chi connectivity index (χ4n) is 5.57. The van der Waals surface area contributed by atoms with Crippen molar-refractivity contribution >= 4 is 23.7 Å². The second-order valence-corrected chi connectivity index (χ2v) is 10.9. The third-order valence-electron chi connectivity index (χ3n) is 6.59. The number of aryl methyl sites for hydroxylation is 1. The van der Waals surface area contributed by atoms with Crippen molar-refractivity contribution in [3.8, 4) is 0 Å². The minimum atomic E-state index is 0. The first kappa shape index (κ1) is 21.7. The van der Waals surface area contributed by atoms with Gasteiger partial charge in [0.2, 0.25) is 0 Å². The SMILES string of the molecule is Cc1ccc(C2=CC(C)(C)CC(C)(C)C2)c(N2CCN(CC3CC3)CC2)c1.Cl. The molecule has 1 saturated carbocycles. The molecular weight excluding hydrogens is 364 g/mol. The van der Waals surface area contributed by atoms with E-state index in [2.05, 4.69) is 68.7 Å². The van der Waals surface area contributed by atoms with E-state index in [0.29, 0.717) is 5.41 Å². The molecule has 1 heterocycles. The van der Waals surface area contributed by atoms with E-state index < -0.39 is 0 Å². The summed E-state index contributed by atoms with van der Waals surface area (Å²) in [5.41, 5.74) is 6.55. The minimum absolute atomic E-state index is 0. The average Bonchev–Trinajstić information content (AvgIpc) is 3.36. The van der Waals surface area contributed by atoms with E-state index >= 15 is 0 Å². The highest BCUT2D eigenvalue weighted by Crippen LogP contribution is 2.48. The maximum Gasteiger partial charge on any atom is 0.0446 e. The van der Waals surface area contributed by atoms with Crippen LogP contribution in [0.2, 0.25) is 0 Å². The molecule has 4 rings (SSSR count). The van der Waals surface area contributed by atoms with Crippen LogP contribution in [0.4, 0.5) is 5.69 Å². The lowest BCUT2D eigenvalue weighted by Crippen LogP contribution is -2.47. The number of allylic oxidation sites excluding steroid dienone is 2. The first-order valence-corrected chi connectivity index (χ1v) is 11.0. The second kappa shape index (κ2) is 8.03. The molecule has 1 aliphatic heterocycles. The van der Waals surface area contributed by atoms with Gasteiger partial charge in [0.25, 0.3) is 0 Å². The molecule has 2 aliphatic carbocycles. The van der Waals surface area contributed by atoms with Crippen LogP contribution in [0.5, 0.6) is 0 Å². The third-order valence-corrected chi connectivity index (χ3v) is 6.59. The third kappa shape index (κ3) is 5.13. The number of benzene rings is 1. The van der Waals surface area contributed by atoms with Crippen molar-refractivity contribution in [1.82, 2.24) is 4.90 Å². The second-order valence-electron chi connectivity index (χ2n) is 10.9. The summed E-state index contributed by atoms with van der Waals surface area (Å²) >= 11 is 0. The monoisotopic (exact) mass is 402 g/mol. The molecule has 0 N–H and O–H groups in total. The highest BCUT2D eigenvalue weighted by atomic mass is 35.5. The lowest BCUT2D eigenvalue weighted by Gasteiger charge is -2.41. The Morgan fingerprint density at radius 2 is 1.68 bits per heavy atom. The van der Waals surface area contributed by atoms with Gasteiger partial charge in [0.1, 0.15) is 0 Å². The highest BCUT2D eigenvalue weighted by Gasteiger charge is 2.34. The zero-order valence-corrected chi connectivity index (χ0v) is 19.4. The molecular formula is C25H39ClN2. The highest BCUT2D eigenvalue weighted by molar-refractivity contribution is 5.85. The summed E-state index contributed by atoms with van der Waals surface area (Å²) in [5.74, 6) is 1.00. The Kier molecular flexibility index (Phi) is 6.23. The summed E-state index contributed by atoms with van der Waals surface area (Å²) in [7, 11) is 0. The molecule has 3 aliphatic rings. The standard InChI is InChI=1S/C25H38N2.ClH/c1-19-6-9-22(21-15-24(2,3)18-25(4,5)16-21)23(14-19)27-12-10-26(11-13-27)17-20-7-8-20;/h6,9,14-15,20H,7-8,10-13,16-18H2,1-5H3;1H. The fraction of sp³-hybridized carbons (Fsp3) is 0.680. The number of rotatable bonds is 4. The summed E-state index contributed by atoms with van der Waals surface area (Å²) < 4.78 is 0. The van der Waals surface area contributed by atoms with E-state index in [1.807, 2.05) is 0 Å². The van der Waals surface area contributed by atoms with Crippen LogP contribution in [0.3, 0.4) is 0 Å². The summed E-state index contributed by atoms with van der Waals surface area (Å²) in [4.78, 5) is 5.34. The van der Waals surface area contributed by atoms with Crippen molar-refractivity contribution in [2.75, 3.05) is 37.6 Å². The van der Waals surface area contributed by atoms with Crippen LogP contribution < -0.4 is 4.90 Å². The van der Waals surface area contributed by atoms with Crippen LogP contribution >= 0.6 is 12.4 Å². The minimum Gasteiger partial charge on any atom is -0.368 e. The molecule has 2 nitrogen and oxygen atoms in total. The van der Waals surface area contributed by atoms with Crippen molar-refractivity contribution in [2.24, 2.45) is 16.7 Å². The number of hydrogen-bond donors (Lipinski definition) is 0. The quantitative estimate of drug-likeness (QED) is 0.593. The van der Waals surface area contributed by atoms with E-state index in [0.717, 1.165) is 5.92 Å². The van der Waals surface area contributed by atoms with E-state index in [9.17, 15) is 0 Å². The van der Waals surface area contributed by atoms with Gasteiger partial charge in [-0.15, -0.1) is 12.4 Å². The lowest BCUT2D eigenvalue weighted by atomic mass is 9.65. The van der Waals surface area contributed by atoms with Crippen molar-refractivity contribution in [2.45, 2.75) is 60.3 Å². The number of nitrogens with zero attached hydrogens (tertiary/aromatic N) is 2. The van der Waals surface area contributed by atoms with Gasteiger partial charge >= 0.3 is 0 Å². The van der Waals surface area contributed by atoms with E-state index in [4.69, 9.17) is 0 Å². The predicted molar refractivity (Wildman–Crippen MR) is 125 cm³/mol. The van der Waals surface area contributed by atoms with Crippen molar-refractivity contribution < 1.29 is 0 Å². The van der Waals surface area contributed by atoms with Crippen LogP contribution in [-0.2, 0) is 0 Å². The average molecular weight is 403 g/mol. The van der Waals surface area contributed by atoms with Crippen LogP contribution in [0, 0.1) is 23.7 Å². The maximum atomic E-state index is 2.69. The van der Waals surface area contributed by atoms with Crippen LogP contribution in [0.1, 0.15) is 64.5 Å². The number of halogens is 1. The number of hydrogen-bond acceptors (Lipinski definition) is 2. The van der Waals surface area contributed by atoms with E-state index in [1.165, 1.54) is 75.2 Å². The van der Waals surface area contributed by atoms with Crippen LogP contribution in [0.25, 0.3) is 5.57 Å². The summed E-state index contributed by atoms with van der Waals surface area (Å²) in [6.45, 7) is 18.0. The molecule has 0 amide bonds. The Labute approximate surface area is 178 Å². The van der Waals surface area contributed by atoms with Gasteiger partial charge in [0, 0.05) is 44.0 Å².